The van der Waals surface area contributed by atoms with Gasteiger partial charge in [0.25, 0.3) is 5.69 Å². The lowest BCUT2D eigenvalue weighted by atomic mass is 10.1. The second-order valence-corrected chi connectivity index (χ2v) is 3.57. The van der Waals surface area contributed by atoms with Crippen molar-refractivity contribution in [2.24, 2.45) is 0 Å². The van der Waals surface area contributed by atoms with Gasteiger partial charge in [0, 0.05) is 12.6 Å². The van der Waals surface area contributed by atoms with Crippen LogP contribution in [0.3, 0.4) is 0 Å². The first-order chi connectivity index (χ1) is 7.93. The van der Waals surface area contributed by atoms with Crippen LogP contribution in [0.4, 0.5) is 11.4 Å². The second-order valence-electron chi connectivity index (χ2n) is 3.57. The monoisotopic (exact) mass is 236 g/mol. The summed E-state index contributed by atoms with van der Waals surface area (Å²) in [7, 11) is 0. The summed E-state index contributed by atoms with van der Waals surface area (Å²) < 4.78 is 0. The highest BCUT2D eigenvalue weighted by Crippen LogP contribution is 2.28. The van der Waals surface area contributed by atoms with Crippen molar-refractivity contribution in [1.82, 2.24) is 0 Å². The molecule has 0 spiro atoms. The Morgan fingerprint density at radius 1 is 1.59 bits per heavy atom. The molecule has 1 aromatic carbocycles. The number of anilines is 1. The van der Waals surface area contributed by atoms with Gasteiger partial charge < -0.3 is 10.4 Å². The summed E-state index contributed by atoms with van der Waals surface area (Å²) in [6.07, 6.45) is 0. The fourth-order valence-electron chi connectivity index (χ4n) is 1.30. The van der Waals surface area contributed by atoms with Crippen molar-refractivity contribution in [3.05, 3.63) is 46.0 Å². The minimum absolute atomic E-state index is 0.00741. The van der Waals surface area contributed by atoms with Crippen molar-refractivity contribution in [1.29, 1.82) is 0 Å². The van der Waals surface area contributed by atoms with Gasteiger partial charge in [-0.2, -0.15) is 0 Å². The molecule has 6 nitrogen and oxygen atoms in total. The lowest BCUT2D eigenvalue weighted by Crippen LogP contribution is -2.10. The molecule has 1 rings (SSSR count). The molecule has 0 fully saturated rings. The van der Waals surface area contributed by atoms with Crippen molar-refractivity contribution >= 4 is 17.3 Å². The molecule has 0 saturated heterocycles. The van der Waals surface area contributed by atoms with Gasteiger partial charge in [-0.3, -0.25) is 10.1 Å². The number of hydrogen-bond acceptors (Lipinski definition) is 4. The van der Waals surface area contributed by atoms with Crippen LogP contribution in [0.1, 0.15) is 17.3 Å². The Morgan fingerprint density at radius 2 is 2.24 bits per heavy atom. The predicted octanol–water partition coefficient (Wildman–Crippen LogP) is 2.28. The summed E-state index contributed by atoms with van der Waals surface area (Å²) in [5, 5.41) is 22.5. The van der Waals surface area contributed by atoms with Crippen LogP contribution in [-0.4, -0.2) is 22.5 Å². The number of hydrogen-bond donors (Lipinski definition) is 2. The van der Waals surface area contributed by atoms with E-state index in [0.29, 0.717) is 0 Å². The second kappa shape index (κ2) is 5.11. The van der Waals surface area contributed by atoms with Crippen LogP contribution in [0, 0.1) is 10.1 Å². The third-order valence-electron chi connectivity index (χ3n) is 2.04. The van der Waals surface area contributed by atoms with Crippen LogP contribution >= 0.6 is 0 Å². The molecule has 0 heterocycles. The molecule has 2 N–H and O–H groups in total. The van der Waals surface area contributed by atoms with Gasteiger partial charge in [0.05, 0.1) is 10.5 Å². The summed E-state index contributed by atoms with van der Waals surface area (Å²) in [4.78, 5) is 21.1. The molecule has 0 amide bonds. The number of rotatable bonds is 5. The lowest BCUT2D eigenvalue weighted by molar-refractivity contribution is -0.384. The first kappa shape index (κ1) is 12.7. The molecule has 0 aromatic heterocycles. The van der Waals surface area contributed by atoms with E-state index in [1.165, 1.54) is 18.2 Å². The van der Waals surface area contributed by atoms with Gasteiger partial charge in [0.15, 0.2) is 0 Å². The predicted molar refractivity (Wildman–Crippen MR) is 63.4 cm³/mol. The van der Waals surface area contributed by atoms with Crippen molar-refractivity contribution in [3.8, 4) is 0 Å². The number of para-hydroxylation sites is 1. The Labute approximate surface area is 97.7 Å². The molecule has 0 aliphatic heterocycles. The number of nitrogens with one attached hydrogen (secondary N) is 1. The van der Waals surface area contributed by atoms with E-state index in [4.69, 9.17) is 5.11 Å². The molecule has 0 atom stereocenters. The first-order valence-electron chi connectivity index (χ1n) is 4.82. The Kier molecular flexibility index (Phi) is 3.82. The summed E-state index contributed by atoms with van der Waals surface area (Å²) in [6.45, 7) is 5.66. The highest BCUT2D eigenvalue weighted by atomic mass is 16.6. The van der Waals surface area contributed by atoms with Crippen molar-refractivity contribution < 1.29 is 14.8 Å². The maximum absolute atomic E-state index is 11.0. The summed E-state index contributed by atoms with van der Waals surface area (Å²) in [6, 6.07) is 3.91. The summed E-state index contributed by atoms with van der Waals surface area (Å²) in [5.74, 6) is -1.21. The topological polar surface area (TPSA) is 92.5 Å². The number of carbonyl (C=O) groups is 1. The van der Waals surface area contributed by atoms with Gasteiger partial charge in [-0.25, -0.2) is 4.79 Å². The molecule has 0 bridgehead atoms. The van der Waals surface area contributed by atoms with Gasteiger partial charge in [-0.05, 0) is 13.0 Å². The van der Waals surface area contributed by atoms with Crippen molar-refractivity contribution in [3.63, 3.8) is 0 Å². The minimum atomic E-state index is -1.21. The quantitative estimate of drug-likeness (QED) is 0.464. The van der Waals surface area contributed by atoms with Gasteiger partial charge in [-0.15, -0.1) is 0 Å². The van der Waals surface area contributed by atoms with Crippen LogP contribution in [0.5, 0.6) is 0 Å². The smallest absolute Gasteiger partial charge is 0.338 e. The van der Waals surface area contributed by atoms with Crippen LogP contribution < -0.4 is 5.32 Å². The largest absolute Gasteiger partial charge is 0.478 e. The van der Waals surface area contributed by atoms with Gasteiger partial charge in [0.2, 0.25) is 0 Å². The molecule has 17 heavy (non-hydrogen) atoms. The first-order valence-corrected chi connectivity index (χ1v) is 4.82. The highest BCUT2D eigenvalue weighted by molar-refractivity contribution is 5.96. The number of aromatic carboxylic acids is 1. The van der Waals surface area contributed by atoms with E-state index in [1.807, 2.05) is 0 Å². The summed E-state index contributed by atoms with van der Waals surface area (Å²) >= 11 is 0. The minimum Gasteiger partial charge on any atom is -0.478 e. The Hall–Kier alpha value is -2.37. The van der Waals surface area contributed by atoms with E-state index in [9.17, 15) is 14.9 Å². The molecular formula is C11H12N2O4. The molecule has 90 valence electrons. The number of nitrogens with zero attached hydrogens (tertiary/aromatic N) is 1. The standard InChI is InChI=1S/C11H12N2O4/c1-7(2)6-12-10-8(11(14)15)4-3-5-9(10)13(16)17/h3-5,12H,1,6H2,2H3,(H,14,15). The molecule has 0 saturated carbocycles. The van der Waals surface area contributed by atoms with Crippen LogP contribution in [0.15, 0.2) is 30.4 Å². The Balaban J connectivity index is 3.23. The molecule has 0 aliphatic carbocycles. The Morgan fingerprint density at radius 3 is 2.71 bits per heavy atom. The number of benzene rings is 1. The molecular weight excluding hydrogens is 224 g/mol. The average molecular weight is 236 g/mol. The van der Waals surface area contributed by atoms with E-state index < -0.39 is 10.9 Å². The van der Waals surface area contributed by atoms with Crippen molar-refractivity contribution in [2.75, 3.05) is 11.9 Å². The zero-order chi connectivity index (χ0) is 13.0. The molecule has 0 radical (unpaired) electrons. The number of carboxylic acids is 1. The van der Waals surface area contributed by atoms with Crippen LogP contribution in [-0.2, 0) is 0 Å². The molecule has 0 unspecified atom stereocenters. The maximum atomic E-state index is 11.0. The highest BCUT2D eigenvalue weighted by Gasteiger charge is 2.20. The third-order valence-corrected chi connectivity index (χ3v) is 2.04. The van der Waals surface area contributed by atoms with E-state index in [1.54, 1.807) is 6.92 Å². The average Bonchev–Trinajstić information content (AvgIpc) is 2.25. The summed E-state index contributed by atoms with van der Waals surface area (Å²) in [5.41, 5.74) is 0.374. The van der Waals surface area contributed by atoms with Crippen molar-refractivity contribution in [2.45, 2.75) is 6.92 Å². The van der Waals surface area contributed by atoms with Gasteiger partial charge >= 0.3 is 5.97 Å². The maximum Gasteiger partial charge on any atom is 0.338 e. The number of nitro benzene ring substituents is 1. The number of nitro groups is 1. The number of carboxylic acid groups (broad SMARTS) is 1. The van der Waals surface area contributed by atoms with Crippen LogP contribution in [0.25, 0.3) is 0 Å². The molecule has 1 aromatic rings. The van der Waals surface area contributed by atoms with Gasteiger partial charge in [-0.1, -0.05) is 18.2 Å². The van der Waals surface area contributed by atoms with E-state index in [2.05, 4.69) is 11.9 Å². The SMILES string of the molecule is C=C(C)CNc1c(C(=O)O)cccc1[N+](=O)[O-]. The zero-order valence-corrected chi connectivity index (χ0v) is 9.27. The van der Waals surface area contributed by atoms with Crippen LogP contribution in [0.2, 0.25) is 0 Å². The fraction of sp³-hybridized carbons (Fsp3) is 0.182. The van der Waals surface area contributed by atoms with E-state index >= 15 is 0 Å². The van der Waals surface area contributed by atoms with E-state index in [0.717, 1.165) is 5.57 Å². The molecule has 6 heteroatoms. The Bertz CT molecular complexity index is 450. The normalized spacial score (nSPS) is 9.71. The van der Waals surface area contributed by atoms with E-state index in [-0.39, 0.29) is 23.5 Å². The third kappa shape index (κ3) is 3.04. The fourth-order valence-corrected chi connectivity index (χ4v) is 1.30. The lowest BCUT2D eigenvalue weighted by Gasteiger charge is -2.09. The zero-order valence-electron chi connectivity index (χ0n) is 9.27. The van der Waals surface area contributed by atoms with Gasteiger partial charge in [0.1, 0.15) is 5.69 Å². The molecule has 0 aliphatic rings.